The Hall–Kier alpha value is -0.910. The molecule has 1 heterocycles. The molecule has 0 aromatic heterocycles. The van der Waals surface area contributed by atoms with E-state index in [4.69, 9.17) is 5.84 Å². The van der Waals surface area contributed by atoms with Crippen molar-refractivity contribution in [3.05, 3.63) is 35.4 Å². The summed E-state index contributed by atoms with van der Waals surface area (Å²) >= 11 is 0. The van der Waals surface area contributed by atoms with Gasteiger partial charge in [0.25, 0.3) is 0 Å². The Balaban J connectivity index is 1.82. The topological polar surface area (TPSA) is 72.2 Å². The summed E-state index contributed by atoms with van der Waals surface area (Å²) in [7, 11) is -2.87. The summed E-state index contributed by atoms with van der Waals surface area (Å²) < 4.78 is 23.3. The smallest absolute Gasteiger partial charge is 0.150 e. The van der Waals surface area contributed by atoms with Crippen LogP contribution < -0.4 is 11.3 Å². The van der Waals surface area contributed by atoms with Gasteiger partial charge >= 0.3 is 0 Å². The molecule has 1 aliphatic carbocycles. The Kier molecular flexibility index (Phi) is 3.84. The molecule has 3 rings (SSSR count). The van der Waals surface area contributed by atoms with E-state index in [9.17, 15) is 8.42 Å². The SMILES string of the molecule is NNC(c1cccc(C2CCC2)c1)C1CCS(=O)(=O)C1. The van der Waals surface area contributed by atoms with Gasteiger partial charge in [0.1, 0.15) is 0 Å². The van der Waals surface area contributed by atoms with E-state index in [0.717, 1.165) is 5.56 Å². The lowest BCUT2D eigenvalue weighted by Gasteiger charge is -2.28. The molecular formula is C15H22N2O2S. The molecule has 0 radical (unpaired) electrons. The van der Waals surface area contributed by atoms with Crippen LogP contribution in [0.3, 0.4) is 0 Å². The highest BCUT2D eigenvalue weighted by Gasteiger charge is 2.34. The molecule has 1 saturated carbocycles. The van der Waals surface area contributed by atoms with Gasteiger partial charge in [-0.3, -0.25) is 11.3 Å². The van der Waals surface area contributed by atoms with E-state index < -0.39 is 9.84 Å². The van der Waals surface area contributed by atoms with Crippen molar-refractivity contribution >= 4 is 9.84 Å². The van der Waals surface area contributed by atoms with Gasteiger partial charge < -0.3 is 0 Å². The molecule has 0 spiro atoms. The Morgan fingerprint density at radius 2 is 2.05 bits per heavy atom. The first-order valence-corrected chi connectivity index (χ1v) is 9.17. The number of nitrogens with one attached hydrogen (secondary N) is 1. The van der Waals surface area contributed by atoms with Crippen molar-refractivity contribution in [1.82, 2.24) is 5.43 Å². The van der Waals surface area contributed by atoms with Crippen molar-refractivity contribution in [1.29, 1.82) is 0 Å². The monoisotopic (exact) mass is 294 g/mol. The van der Waals surface area contributed by atoms with Gasteiger partial charge in [0, 0.05) is 6.04 Å². The molecule has 1 saturated heterocycles. The van der Waals surface area contributed by atoms with Crippen LogP contribution in [-0.2, 0) is 9.84 Å². The predicted octanol–water partition coefficient (Wildman–Crippen LogP) is 1.89. The van der Waals surface area contributed by atoms with Crippen LogP contribution in [0.1, 0.15) is 48.8 Å². The molecule has 20 heavy (non-hydrogen) atoms. The average molecular weight is 294 g/mol. The minimum atomic E-state index is -2.87. The second-order valence-corrected chi connectivity index (χ2v) is 8.33. The van der Waals surface area contributed by atoms with Crippen LogP contribution in [0.5, 0.6) is 0 Å². The van der Waals surface area contributed by atoms with Gasteiger partial charge in [0.15, 0.2) is 9.84 Å². The number of rotatable bonds is 4. The predicted molar refractivity (Wildman–Crippen MR) is 79.9 cm³/mol. The Morgan fingerprint density at radius 1 is 1.25 bits per heavy atom. The minimum Gasteiger partial charge on any atom is -0.271 e. The molecule has 2 fully saturated rings. The van der Waals surface area contributed by atoms with Crippen molar-refractivity contribution in [3.8, 4) is 0 Å². The van der Waals surface area contributed by atoms with E-state index in [1.165, 1.54) is 24.8 Å². The van der Waals surface area contributed by atoms with E-state index in [1.54, 1.807) is 0 Å². The molecule has 1 aromatic carbocycles. The summed E-state index contributed by atoms with van der Waals surface area (Å²) in [5.41, 5.74) is 5.33. The van der Waals surface area contributed by atoms with Gasteiger partial charge in [-0.1, -0.05) is 30.7 Å². The molecule has 110 valence electrons. The van der Waals surface area contributed by atoms with E-state index in [-0.39, 0.29) is 23.5 Å². The molecule has 1 aliphatic heterocycles. The summed E-state index contributed by atoms with van der Waals surface area (Å²) in [5, 5.41) is 0. The van der Waals surface area contributed by atoms with E-state index in [0.29, 0.717) is 12.3 Å². The first-order chi connectivity index (χ1) is 9.59. The van der Waals surface area contributed by atoms with Crippen LogP contribution in [0.15, 0.2) is 24.3 Å². The summed E-state index contributed by atoms with van der Waals surface area (Å²) in [6.45, 7) is 0. The van der Waals surface area contributed by atoms with Crippen molar-refractivity contribution in [3.63, 3.8) is 0 Å². The van der Waals surface area contributed by atoms with Gasteiger partial charge in [-0.15, -0.1) is 0 Å². The fourth-order valence-electron chi connectivity index (χ4n) is 3.34. The van der Waals surface area contributed by atoms with Crippen LogP contribution in [-0.4, -0.2) is 19.9 Å². The van der Waals surface area contributed by atoms with Crippen LogP contribution in [0.4, 0.5) is 0 Å². The third kappa shape index (κ3) is 2.75. The van der Waals surface area contributed by atoms with E-state index in [1.807, 2.05) is 0 Å². The molecule has 4 nitrogen and oxygen atoms in total. The molecule has 2 atom stereocenters. The number of nitrogens with two attached hydrogens (primary N) is 1. The molecule has 2 aliphatic rings. The summed E-state index contributed by atoms with van der Waals surface area (Å²) in [4.78, 5) is 0. The maximum Gasteiger partial charge on any atom is 0.150 e. The fourth-order valence-corrected chi connectivity index (χ4v) is 5.18. The molecule has 0 bridgehead atoms. The van der Waals surface area contributed by atoms with Crippen molar-refractivity contribution in [2.45, 2.75) is 37.6 Å². The Bertz CT molecular complexity index is 581. The van der Waals surface area contributed by atoms with Crippen molar-refractivity contribution in [2.24, 2.45) is 11.8 Å². The molecular weight excluding hydrogens is 272 g/mol. The minimum absolute atomic E-state index is 0.0627. The van der Waals surface area contributed by atoms with Crippen molar-refractivity contribution < 1.29 is 8.42 Å². The molecule has 2 unspecified atom stereocenters. The average Bonchev–Trinajstić information content (AvgIpc) is 2.69. The number of hydrogen-bond acceptors (Lipinski definition) is 4. The molecule has 0 amide bonds. The third-order valence-electron chi connectivity index (χ3n) is 4.76. The van der Waals surface area contributed by atoms with Crippen LogP contribution in [0.25, 0.3) is 0 Å². The second-order valence-electron chi connectivity index (χ2n) is 6.11. The van der Waals surface area contributed by atoms with Gasteiger partial charge in [0.05, 0.1) is 11.5 Å². The lowest BCUT2D eigenvalue weighted by molar-refractivity contribution is 0.395. The third-order valence-corrected chi connectivity index (χ3v) is 6.56. The fraction of sp³-hybridized carbons (Fsp3) is 0.600. The Morgan fingerprint density at radius 3 is 2.60 bits per heavy atom. The summed E-state index contributed by atoms with van der Waals surface area (Å²) in [5.74, 6) is 7.00. The lowest BCUT2D eigenvalue weighted by atomic mass is 9.79. The quantitative estimate of drug-likeness (QED) is 0.657. The number of sulfone groups is 1. The summed E-state index contributed by atoms with van der Waals surface area (Å²) in [6, 6.07) is 8.44. The lowest BCUT2D eigenvalue weighted by Crippen LogP contribution is -2.34. The zero-order valence-corrected chi connectivity index (χ0v) is 12.4. The highest BCUT2D eigenvalue weighted by atomic mass is 32.2. The first kappa shape index (κ1) is 14.0. The van der Waals surface area contributed by atoms with Crippen LogP contribution in [0, 0.1) is 5.92 Å². The Labute approximate surface area is 120 Å². The zero-order chi connectivity index (χ0) is 14.2. The molecule has 3 N–H and O–H groups in total. The van der Waals surface area contributed by atoms with E-state index >= 15 is 0 Å². The highest BCUT2D eigenvalue weighted by molar-refractivity contribution is 7.91. The summed E-state index contributed by atoms with van der Waals surface area (Å²) in [6.07, 6.45) is 4.54. The van der Waals surface area contributed by atoms with Crippen LogP contribution in [0.2, 0.25) is 0 Å². The number of benzene rings is 1. The highest BCUT2D eigenvalue weighted by Crippen LogP contribution is 2.38. The number of hydrogen-bond donors (Lipinski definition) is 2. The largest absolute Gasteiger partial charge is 0.271 e. The van der Waals surface area contributed by atoms with Crippen molar-refractivity contribution in [2.75, 3.05) is 11.5 Å². The first-order valence-electron chi connectivity index (χ1n) is 7.35. The zero-order valence-electron chi connectivity index (χ0n) is 11.6. The normalized spacial score (nSPS) is 27.1. The second kappa shape index (κ2) is 5.47. The molecule has 5 heteroatoms. The maximum absolute atomic E-state index is 11.7. The molecule has 1 aromatic rings. The van der Waals surface area contributed by atoms with Gasteiger partial charge in [-0.25, -0.2) is 8.42 Å². The van der Waals surface area contributed by atoms with Gasteiger partial charge in [-0.05, 0) is 42.2 Å². The van der Waals surface area contributed by atoms with E-state index in [2.05, 4.69) is 29.7 Å². The standard InChI is InChI=1S/C15H22N2O2S/c16-17-15(14-7-8-20(18,19)10-14)13-6-2-5-12(9-13)11-3-1-4-11/h2,5-6,9,11,14-15,17H,1,3-4,7-8,10,16H2. The maximum atomic E-state index is 11.7. The van der Waals surface area contributed by atoms with Gasteiger partial charge in [0.2, 0.25) is 0 Å². The number of hydrazine groups is 1. The van der Waals surface area contributed by atoms with Crippen LogP contribution >= 0.6 is 0 Å². The van der Waals surface area contributed by atoms with Gasteiger partial charge in [-0.2, -0.15) is 0 Å².